The van der Waals surface area contributed by atoms with E-state index in [2.05, 4.69) is 10.3 Å². The van der Waals surface area contributed by atoms with E-state index < -0.39 is 15.7 Å². The van der Waals surface area contributed by atoms with Crippen LogP contribution in [-0.2, 0) is 14.6 Å². The molecule has 4 aromatic rings. The number of benzene rings is 2. The lowest BCUT2D eigenvalue weighted by Crippen LogP contribution is -2.17. The van der Waals surface area contributed by atoms with Crippen LogP contribution >= 0.6 is 11.3 Å². The predicted molar refractivity (Wildman–Crippen MR) is 109 cm³/mol. The summed E-state index contributed by atoms with van der Waals surface area (Å²) >= 11 is 1.26. The number of nitrogens with one attached hydrogen (secondary N) is 1. The number of hydrogen-bond acceptors (Lipinski definition) is 6. The minimum absolute atomic E-state index is 0.142. The molecule has 0 unspecified atom stereocenters. The van der Waals surface area contributed by atoms with Crippen molar-refractivity contribution in [3.63, 3.8) is 0 Å². The van der Waals surface area contributed by atoms with Crippen molar-refractivity contribution in [3.8, 4) is 11.5 Å². The Morgan fingerprint density at radius 3 is 2.61 bits per heavy atom. The lowest BCUT2D eigenvalue weighted by atomic mass is 10.2. The number of amides is 1. The molecule has 0 aliphatic heterocycles. The summed E-state index contributed by atoms with van der Waals surface area (Å²) in [6, 6.07) is 17.6. The van der Waals surface area contributed by atoms with E-state index in [-0.39, 0.29) is 17.1 Å². The molecule has 1 N–H and O–H groups in total. The summed E-state index contributed by atoms with van der Waals surface area (Å²) in [5, 5.41) is 5.81. The Kier molecular flexibility index (Phi) is 4.97. The Bertz CT molecular complexity index is 1190. The van der Waals surface area contributed by atoms with Crippen molar-refractivity contribution in [1.29, 1.82) is 0 Å². The normalized spacial score (nSPS) is 11.6. The van der Waals surface area contributed by atoms with Crippen molar-refractivity contribution in [1.82, 2.24) is 4.98 Å². The van der Waals surface area contributed by atoms with E-state index in [0.717, 1.165) is 11.0 Å². The molecule has 0 bridgehead atoms. The van der Waals surface area contributed by atoms with Gasteiger partial charge < -0.3 is 9.73 Å². The maximum Gasteiger partial charge on any atom is 0.227 e. The molecule has 8 heteroatoms. The van der Waals surface area contributed by atoms with Crippen LogP contribution in [0.5, 0.6) is 0 Å². The van der Waals surface area contributed by atoms with Crippen LogP contribution in [0.1, 0.15) is 6.42 Å². The number of carbonyl (C=O) groups is 1. The van der Waals surface area contributed by atoms with Crippen molar-refractivity contribution in [2.75, 3.05) is 11.1 Å². The molecule has 1 amide bonds. The van der Waals surface area contributed by atoms with Crippen LogP contribution in [0.3, 0.4) is 0 Å². The van der Waals surface area contributed by atoms with E-state index in [9.17, 15) is 13.2 Å². The van der Waals surface area contributed by atoms with Crippen LogP contribution < -0.4 is 5.32 Å². The van der Waals surface area contributed by atoms with Gasteiger partial charge in [0.05, 0.1) is 10.6 Å². The fraction of sp³-hybridized carbons (Fsp3) is 0.100. The van der Waals surface area contributed by atoms with Gasteiger partial charge in [-0.2, -0.15) is 0 Å². The Morgan fingerprint density at radius 1 is 1.07 bits per heavy atom. The van der Waals surface area contributed by atoms with E-state index in [1.807, 2.05) is 30.3 Å². The molecular weight excluding hydrogens is 396 g/mol. The smallest absolute Gasteiger partial charge is 0.227 e. The molecule has 0 fully saturated rings. The molecule has 28 heavy (non-hydrogen) atoms. The third kappa shape index (κ3) is 3.97. The first-order chi connectivity index (χ1) is 13.5. The second-order valence-corrected chi connectivity index (χ2v) is 9.08. The largest absolute Gasteiger partial charge is 0.454 e. The number of para-hydroxylation sites is 1. The van der Waals surface area contributed by atoms with Gasteiger partial charge in [-0.3, -0.25) is 4.79 Å². The van der Waals surface area contributed by atoms with Gasteiger partial charge in [-0.15, -0.1) is 11.3 Å². The maximum atomic E-state index is 12.3. The van der Waals surface area contributed by atoms with Gasteiger partial charge in [0.15, 0.2) is 20.7 Å². The number of rotatable bonds is 6. The number of aromatic nitrogens is 1. The highest BCUT2D eigenvalue weighted by atomic mass is 32.2. The van der Waals surface area contributed by atoms with Crippen LogP contribution in [0, 0.1) is 0 Å². The molecule has 0 saturated heterocycles. The first-order valence-corrected chi connectivity index (χ1v) is 11.1. The highest BCUT2D eigenvalue weighted by Crippen LogP contribution is 2.30. The summed E-state index contributed by atoms with van der Waals surface area (Å²) in [5.41, 5.74) is 1.38. The van der Waals surface area contributed by atoms with Crippen molar-refractivity contribution in [2.45, 2.75) is 11.3 Å². The van der Waals surface area contributed by atoms with Crippen molar-refractivity contribution in [3.05, 3.63) is 66.0 Å². The topological polar surface area (TPSA) is 89.3 Å². The minimum atomic E-state index is -3.49. The molecule has 2 aromatic heterocycles. The molecule has 0 aliphatic carbocycles. The van der Waals surface area contributed by atoms with E-state index in [0.29, 0.717) is 16.6 Å². The highest BCUT2D eigenvalue weighted by molar-refractivity contribution is 7.91. The van der Waals surface area contributed by atoms with Gasteiger partial charge in [0.25, 0.3) is 0 Å². The monoisotopic (exact) mass is 412 g/mol. The Labute approximate surface area is 165 Å². The van der Waals surface area contributed by atoms with Crippen LogP contribution in [-0.4, -0.2) is 25.1 Å². The van der Waals surface area contributed by atoms with Crippen molar-refractivity contribution >= 4 is 43.2 Å². The molecule has 6 nitrogen and oxygen atoms in total. The Morgan fingerprint density at radius 2 is 1.82 bits per heavy atom. The molecular formula is C20H16N2O4S2. The summed E-state index contributed by atoms with van der Waals surface area (Å²) in [7, 11) is -3.49. The summed E-state index contributed by atoms with van der Waals surface area (Å²) < 4.78 is 30.3. The zero-order chi connectivity index (χ0) is 19.6. The van der Waals surface area contributed by atoms with Crippen LogP contribution in [0.2, 0.25) is 0 Å². The third-order valence-electron chi connectivity index (χ3n) is 4.13. The lowest BCUT2D eigenvalue weighted by Gasteiger charge is -2.04. The Balaban J connectivity index is 1.40. The number of thiazole rings is 1. The first-order valence-electron chi connectivity index (χ1n) is 8.53. The molecule has 2 aromatic carbocycles. The zero-order valence-corrected chi connectivity index (χ0v) is 16.3. The fourth-order valence-electron chi connectivity index (χ4n) is 2.71. The standard InChI is InChI=1S/C20H16N2O4S2/c23-19(10-11-28(24,25)15-7-2-1-3-8-15)22-20-21-16(13-27-20)18-12-14-6-4-5-9-17(14)26-18/h1-9,12-13H,10-11H2,(H,21,22,23). The van der Waals surface area contributed by atoms with Gasteiger partial charge in [-0.1, -0.05) is 36.4 Å². The zero-order valence-electron chi connectivity index (χ0n) is 14.7. The second-order valence-electron chi connectivity index (χ2n) is 6.12. The predicted octanol–water partition coefficient (Wildman–Crippen LogP) is 4.36. The van der Waals surface area contributed by atoms with Gasteiger partial charge in [-0.05, 0) is 24.3 Å². The molecule has 142 valence electrons. The summed E-state index contributed by atoms with van der Waals surface area (Å²) in [5.74, 6) is -0.0420. The first kappa shape index (κ1) is 18.4. The van der Waals surface area contributed by atoms with Gasteiger partial charge >= 0.3 is 0 Å². The summed E-state index contributed by atoms with van der Waals surface area (Å²) in [4.78, 5) is 16.7. The molecule has 0 spiro atoms. The summed E-state index contributed by atoms with van der Waals surface area (Å²) in [6.45, 7) is 0. The Hall–Kier alpha value is -2.97. The SMILES string of the molecule is O=C(CCS(=O)(=O)c1ccccc1)Nc1nc(-c2cc3ccccc3o2)cs1. The quantitative estimate of drug-likeness (QED) is 0.508. The van der Waals surface area contributed by atoms with E-state index >= 15 is 0 Å². The minimum Gasteiger partial charge on any atom is -0.454 e. The van der Waals surface area contributed by atoms with Crippen LogP contribution in [0.15, 0.2) is 75.4 Å². The van der Waals surface area contributed by atoms with Gasteiger partial charge in [0, 0.05) is 17.2 Å². The number of fused-ring (bicyclic) bond motifs is 1. The lowest BCUT2D eigenvalue weighted by molar-refractivity contribution is -0.115. The number of sulfone groups is 1. The number of furan rings is 1. The highest BCUT2D eigenvalue weighted by Gasteiger charge is 2.17. The van der Waals surface area contributed by atoms with Crippen molar-refractivity contribution < 1.29 is 17.6 Å². The fourth-order valence-corrected chi connectivity index (χ4v) is 4.68. The number of carbonyl (C=O) groups excluding carboxylic acids is 1. The molecule has 0 saturated carbocycles. The number of hydrogen-bond donors (Lipinski definition) is 1. The average Bonchev–Trinajstić information content (AvgIpc) is 3.34. The summed E-state index contributed by atoms with van der Waals surface area (Å²) in [6.07, 6.45) is -0.142. The molecule has 0 atom stereocenters. The van der Waals surface area contributed by atoms with E-state index in [1.165, 1.54) is 23.5 Å². The third-order valence-corrected chi connectivity index (χ3v) is 6.62. The van der Waals surface area contributed by atoms with Crippen LogP contribution in [0.25, 0.3) is 22.4 Å². The van der Waals surface area contributed by atoms with E-state index in [1.54, 1.807) is 23.6 Å². The van der Waals surface area contributed by atoms with Gasteiger partial charge in [-0.25, -0.2) is 13.4 Å². The van der Waals surface area contributed by atoms with Crippen molar-refractivity contribution in [2.24, 2.45) is 0 Å². The molecule has 2 heterocycles. The van der Waals surface area contributed by atoms with Crippen LogP contribution in [0.4, 0.5) is 5.13 Å². The van der Waals surface area contributed by atoms with Gasteiger partial charge in [0.2, 0.25) is 5.91 Å². The average molecular weight is 412 g/mol. The maximum absolute atomic E-state index is 12.3. The number of anilines is 1. The molecule has 0 radical (unpaired) electrons. The second kappa shape index (κ2) is 7.57. The van der Waals surface area contributed by atoms with E-state index in [4.69, 9.17) is 4.42 Å². The number of nitrogens with zero attached hydrogens (tertiary/aromatic N) is 1. The van der Waals surface area contributed by atoms with Gasteiger partial charge in [0.1, 0.15) is 11.3 Å². The molecule has 4 rings (SSSR count). The molecule has 0 aliphatic rings.